The van der Waals surface area contributed by atoms with E-state index in [0.29, 0.717) is 0 Å². The van der Waals surface area contributed by atoms with Crippen LogP contribution < -0.4 is 34.3 Å². The predicted octanol–water partition coefficient (Wildman–Crippen LogP) is -1.72. The molecule has 0 aliphatic carbocycles. The molecule has 1 aromatic rings. The maximum Gasteiger partial charge on any atom is 1.00 e. The summed E-state index contributed by atoms with van der Waals surface area (Å²) in [5.41, 5.74) is 0. The normalized spacial score (nSPS) is 10.5. The molecule has 1 rings (SSSR count). The molecular weight excluding hydrogens is 221 g/mol. The number of benzene rings is 1. The van der Waals surface area contributed by atoms with Gasteiger partial charge in [-0.3, -0.25) is 0 Å². The van der Waals surface area contributed by atoms with Crippen LogP contribution in [0.25, 0.3) is 0 Å². The smallest absolute Gasteiger partial charge is 1.00 e. The van der Waals surface area contributed by atoms with Crippen LogP contribution in [0.4, 0.5) is 0 Å². The van der Waals surface area contributed by atoms with Crippen molar-refractivity contribution in [2.24, 2.45) is 0 Å². The van der Waals surface area contributed by atoms with E-state index in [-0.39, 0.29) is 41.9 Å². The third-order valence-corrected chi connectivity index (χ3v) is 3.01. The Morgan fingerprint density at radius 1 is 1.31 bits per heavy atom. The number of hydrogen-bond donors (Lipinski definition) is 1. The van der Waals surface area contributed by atoms with Gasteiger partial charge in [-0.05, 0) is 12.1 Å². The number of nitrogens with one attached hydrogen (secondary N) is 1. The van der Waals surface area contributed by atoms with Gasteiger partial charge in [0, 0.05) is 0 Å². The molecule has 0 unspecified atom stereocenters. The number of rotatable bonds is 3. The second-order valence-electron chi connectivity index (χ2n) is 2.09. The molecule has 3 nitrogen and oxygen atoms in total. The standard InChI is InChI=1S/C7H8ClNO2S.Na.H/c8-6-9-12(10,11)7-4-2-1-3-5-7;;/h1-5,9H,6H2;;/q;+1;-1. The van der Waals surface area contributed by atoms with Gasteiger partial charge < -0.3 is 1.43 Å². The third-order valence-electron chi connectivity index (χ3n) is 1.30. The molecule has 0 heterocycles. The molecule has 68 valence electrons. The van der Waals surface area contributed by atoms with Gasteiger partial charge in [-0.25, -0.2) is 8.42 Å². The third kappa shape index (κ3) is 3.97. The molecule has 0 aliphatic rings. The largest absolute Gasteiger partial charge is 1.00 e. The summed E-state index contributed by atoms with van der Waals surface area (Å²) < 4.78 is 24.6. The molecule has 0 saturated carbocycles. The quantitative estimate of drug-likeness (QED) is 0.381. The first-order valence-electron chi connectivity index (χ1n) is 3.27. The average molecular weight is 230 g/mol. The zero-order chi connectivity index (χ0) is 9.03. The molecule has 0 radical (unpaired) electrons. The second-order valence-corrected chi connectivity index (χ2v) is 4.13. The summed E-state index contributed by atoms with van der Waals surface area (Å²) in [6, 6.07) is 7.96. The molecule has 0 fully saturated rings. The van der Waals surface area contributed by atoms with Crippen LogP contribution in [0.5, 0.6) is 0 Å². The first-order valence-corrected chi connectivity index (χ1v) is 5.29. The van der Waals surface area contributed by atoms with E-state index in [2.05, 4.69) is 4.72 Å². The fourth-order valence-corrected chi connectivity index (χ4v) is 2.01. The van der Waals surface area contributed by atoms with E-state index in [4.69, 9.17) is 11.6 Å². The summed E-state index contributed by atoms with van der Waals surface area (Å²) in [6.07, 6.45) is 0. The van der Waals surface area contributed by atoms with Crippen LogP contribution in [-0.2, 0) is 10.0 Å². The van der Waals surface area contributed by atoms with Crippen molar-refractivity contribution in [3.05, 3.63) is 30.3 Å². The van der Waals surface area contributed by atoms with Crippen molar-refractivity contribution in [3.63, 3.8) is 0 Å². The first-order chi connectivity index (χ1) is 5.67. The predicted molar refractivity (Wildman–Crippen MR) is 48.6 cm³/mol. The van der Waals surface area contributed by atoms with Gasteiger partial charge in [0.15, 0.2) is 0 Å². The molecule has 6 heteroatoms. The molecular formula is C7H9ClNNaO2S. The van der Waals surface area contributed by atoms with Gasteiger partial charge in [0.2, 0.25) is 10.0 Å². The van der Waals surface area contributed by atoms with Gasteiger partial charge in [0.05, 0.1) is 10.9 Å². The van der Waals surface area contributed by atoms with Crippen molar-refractivity contribution in [2.45, 2.75) is 4.90 Å². The van der Waals surface area contributed by atoms with Crippen molar-refractivity contribution in [2.75, 3.05) is 6.00 Å². The summed E-state index contributed by atoms with van der Waals surface area (Å²) in [5.74, 6) is 0. The summed E-state index contributed by atoms with van der Waals surface area (Å²) in [6.45, 7) is 0. The van der Waals surface area contributed by atoms with E-state index in [1.807, 2.05) is 0 Å². The van der Waals surface area contributed by atoms with Gasteiger partial charge in [0.1, 0.15) is 0 Å². The van der Waals surface area contributed by atoms with E-state index < -0.39 is 10.0 Å². The molecule has 0 aliphatic heterocycles. The molecule has 0 saturated heterocycles. The van der Waals surface area contributed by atoms with E-state index >= 15 is 0 Å². The topological polar surface area (TPSA) is 46.2 Å². The van der Waals surface area contributed by atoms with Crippen molar-refractivity contribution < 1.29 is 39.4 Å². The summed E-state index contributed by atoms with van der Waals surface area (Å²) >= 11 is 5.25. The Hall–Kier alpha value is 0.420. The Morgan fingerprint density at radius 3 is 2.31 bits per heavy atom. The molecule has 0 atom stereocenters. The van der Waals surface area contributed by atoms with Crippen LogP contribution in [0.3, 0.4) is 0 Å². The minimum Gasteiger partial charge on any atom is -1.00 e. The SMILES string of the molecule is O=S(=O)(NCCl)c1ccccc1.[H-].[Na+]. The van der Waals surface area contributed by atoms with Crippen LogP contribution >= 0.6 is 11.6 Å². The van der Waals surface area contributed by atoms with Crippen LogP contribution in [-0.4, -0.2) is 14.4 Å². The summed E-state index contributed by atoms with van der Waals surface area (Å²) in [5, 5.41) is 0. The Bertz CT molecular complexity index is 346. The number of alkyl halides is 1. The van der Waals surface area contributed by atoms with Crippen molar-refractivity contribution in [3.8, 4) is 0 Å². The van der Waals surface area contributed by atoms with Crippen molar-refractivity contribution in [1.29, 1.82) is 0 Å². The molecule has 0 spiro atoms. The van der Waals surface area contributed by atoms with E-state index in [1.165, 1.54) is 12.1 Å². The van der Waals surface area contributed by atoms with Crippen LogP contribution in [0.2, 0.25) is 0 Å². The van der Waals surface area contributed by atoms with Gasteiger partial charge >= 0.3 is 29.6 Å². The zero-order valence-electron chi connectivity index (χ0n) is 8.20. The number of hydrogen-bond acceptors (Lipinski definition) is 2. The minimum absolute atomic E-state index is 0. The van der Waals surface area contributed by atoms with Gasteiger partial charge in [-0.2, -0.15) is 4.72 Å². The molecule has 1 N–H and O–H groups in total. The Kier molecular flexibility index (Phi) is 6.20. The van der Waals surface area contributed by atoms with Crippen LogP contribution in [0.15, 0.2) is 35.2 Å². The van der Waals surface area contributed by atoms with Crippen molar-refractivity contribution >= 4 is 21.6 Å². The fraction of sp³-hybridized carbons (Fsp3) is 0.143. The molecule has 13 heavy (non-hydrogen) atoms. The zero-order valence-corrected chi connectivity index (χ0v) is 10.8. The van der Waals surface area contributed by atoms with Crippen molar-refractivity contribution in [1.82, 2.24) is 4.72 Å². The molecule has 0 aromatic heterocycles. The molecule has 0 amide bonds. The summed E-state index contributed by atoms with van der Waals surface area (Å²) in [7, 11) is -3.39. The van der Waals surface area contributed by atoms with Gasteiger partial charge in [0.25, 0.3) is 0 Å². The maximum absolute atomic E-state index is 11.2. The summed E-state index contributed by atoms with van der Waals surface area (Å²) in [4.78, 5) is 0.227. The Balaban J connectivity index is 0. The first kappa shape index (κ1) is 13.4. The maximum atomic E-state index is 11.2. The fourth-order valence-electron chi connectivity index (χ4n) is 0.755. The monoisotopic (exact) mass is 229 g/mol. The second kappa shape index (κ2) is 6.01. The number of sulfonamides is 1. The van der Waals surface area contributed by atoms with E-state index in [1.54, 1.807) is 18.2 Å². The molecule has 1 aromatic carbocycles. The van der Waals surface area contributed by atoms with E-state index in [0.717, 1.165) is 0 Å². The van der Waals surface area contributed by atoms with Gasteiger partial charge in [-0.1, -0.05) is 18.2 Å². The average Bonchev–Trinajstić information content (AvgIpc) is 2.06. The Morgan fingerprint density at radius 2 is 1.85 bits per heavy atom. The van der Waals surface area contributed by atoms with E-state index in [9.17, 15) is 8.42 Å². The van der Waals surface area contributed by atoms with Crippen LogP contribution in [0, 0.1) is 0 Å². The Labute approximate surface area is 106 Å². The van der Waals surface area contributed by atoms with Gasteiger partial charge in [-0.15, -0.1) is 11.6 Å². The minimum atomic E-state index is -3.39. The van der Waals surface area contributed by atoms with Crippen LogP contribution in [0.1, 0.15) is 1.43 Å². The number of halogens is 1. The molecule has 0 bridgehead atoms.